The molecule has 0 spiro atoms. The normalized spacial score (nSPS) is 10.7. The number of rotatable bonds is 3. The molecule has 0 bridgehead atoms. The minimum atomic E-state index is -0.372. The first kappa shape index (κ1) is 15.0. The van der Waals surface area contributed by atoms with E-state index in [1.54, 1.807) is 0 Å². The summed E-state index contributed by atoms with van der Waals surface area (Å²) in [4.78, 5) is 24.4. The highest BCUT2D eigenvalue weighted by Gasteiger charge is 2.10. The molecule has 23 heavy (non-hydrogen) atoms. The third-order valence-corrected chi connectivity index (χ3v) is 3.66. The summed E-state index contributed by atoms with van der Waals surface area (Å²) in [5, 5.41) is 3.59. The van der Waals surface area contributed by atoms with Crippen LogP contribution in [0.25, 0.3) is 10.9 Å². The number of para-hydroxylation sites is 1. The predicted molar refractivity (Wildman–Crippen MR) is 88.0 cm³/mol. The van der Waals surface area contributed by atoms with Crippen LogP contribution in [0.15, 0.2) is 59.4 Å². The maximum atomic E-state index is 12.9. The van der Waals surface area contributed by atoms with Gasteiger partial charge in [-0.25, -0.2) is 4.39 Å². The van der Waals surface area contributed by atoms with Crippen LogP contribution < -0.4 is 10.9 Å². The average Bonchev–Trinajstić information content (AvgIpc) is 2.54. The molecular weight excluding hydrogens is 295 g/mol. The third-order valence-electron chi connectivity index (χ3n) is 3.66. The average molecular weight is 310 g/mol. The number of benzene rings is 2. The van der Waals surface area contributed by atoms with Gasteiger partial charge < -0.3 is 5.32 Å². The number of pyridine rings is 1. The van der Waals surface area contributed by atoms with Gasteiger partial charge in [0.1, 0.15) is 12.4 Å². The molecule has 1 aromatic heterocycles. The zero-order valence-electron chi connectivity index (χ0n) is 12.5. The lowest BCUT2D eigenvalue weighted by molar-refractivity contribution is -0.116. The van der Waals surface area contributed by atoms with Crippen molar-refractivity contribution in [2.45, 2.75) is 13.5 Å². The minimum absolute atomic E-state index is 0.100. The van der Waals surface area contributed by atoms with Crippen LogP contribution >= 0.6 is 0 Å². The molecule has 1 N–H and O–H groups in total. The number of nitrogens with zero attached hydrogens (tertiary/aromatic N) is 1. The molecule has 1 heterocycles. The van der Waals surface area contributed by atoms with Gasteiger partial charge in [0.2, 0.25) is 5.91 Å². The molecule has 1 amide bonds. The van der Waals surface area contributed by atoms with Crippen LogP contribution in [0.4, 0.5) is 10.1 Å². The molecule has 3 rings (SSSR count). The Kier molecular flexibility index (Phi) is 3.93. The molecule has 0 aliphatic carbocycles. The Balaban J connectivity index is 1.90. The highest BCUT2D eigenvalue weighted by molar-refractivity contribution is 5.92. The first-order valence-electron chi connectivity index (χ1n) is 7.19. The molecule has 0 aliphatic heterocycles. The zero-order valence-corrected chi connectivity index (χ0v) is 12.5. The van der Waals surface area contributed by atoms with Crippen LogP contribution in [-0.4, -0.2) is 10.5 Å². The van der Waals surface area contributed by atoms with Gasteiger partial charge >= 0.3 is 0 Å². The standard InChI is InChI=1S/C18H15FN2O2/c1-12-10-18(23)21(16-5-3-2-4-15(12)16)11-17(22)20-14-8-6-13(19)7-9-14/h2-10H,11H2,1H3,(H,20,22). The van der Waals surface area contributed by atoms with E-state index in [1.807, 2.05) is 31.2 Å². The van der Waals surface area contributed by atoms with E-state index in [2.05, 4.69) is 5.32 Å². The van der Waals surface area contributed by atoms with Crippen LogP contribution in [0.1, 0.15) is 5.56 Å². The molecule has 0 atom stereocenters. The molecule has 4 nitrogen and oxygen atoms in total. The second-order valence-electron chi connectivity index (χ2n) is 5.32. The summed E-state index contributed by atoms with van der Waals surface area (Å²) in [7, 11) is 0. The Hall–Kier alpha value is -2.95. The fourth-order valence-electron chi connectivity index (χ4n) is 2.54. The SMILES string of the molecule is Cc1cc(=O)n(CC(=O)Nc2ccc(F)cc2)c2ccccc12. The highest BCUT2D eigenvalue weighted by atomic mass is 19.1. The summed E-state index contributed by atoms with van der Waals surface area (Å²) in [6.45, 7) is 1.77. The smallest absolute Gasteiger partial charge is 0.251 e. The molecular formula is C18H15FN2O2. The Labute approximate surface area is 132 Å². The Morgan fingerprint density at radius 2 is 1.83 bits per heavy atom. The largest absolute Gasteiger partial charge is 0.325 e. The van der Waals surface area contributed by atoms with Gasteiger partial charge in [-0.3, -0.25) is 14.2 Å². The number of amides is 1. The predicted octanol–water partition coefficient (Wildman–Crippen LogP) is 3.09. The number of carbonyl (C=O) groups is 1. The van der Waals surface area contributed by atoms with Crippen molar-refractivity contribution in [3.05, 3.63) is 76.3 Å². The summed E-state index contributed by atoms with van der Waals surface area (Å²) < 4.78 is 14.3. The lowest BCUT2D eigenvalue weighted by Crippen LogP contribution is -2.27. The van der Waals surface area contributed by atoms with Crippen molar-refractivity contribution in [3.8, 4) is 0 Å². The number of hydrogen-bond acceptors (Lipinski definition) is 2. The summed E-state index contributed by atoms with van der Waals surface area (Å²) in [5.41, 5.74) is 1.85. The Morgan fingerprint density at radius 3 is 2.57 bits per heavy atom. The summed E-state index contributed by atoms with van der Waals surface area (Å²) in [6.07, 6.45) is 0. The highest BCUT2D eigenvalue weighted by Crippen LogP contribution is 2.16. The zero-order chi connectivity index (χ0) is 16.4. The molecule has 3 aromatic rings. The number of aromatic nitrogens is 1. The van der Waals surface area contributed by atoms with Gasteiger partial charge in [0.15, 0.2) is 0 Å². The molecule has 116 valence electrons. The molecule has 2 aromatic carbocycles. The second-order valence-corrected chi connectivity index (χ2v) is 5.32. The number of carbonyl (C=O) groups excluding carboxylic acids is 1. The first-order chi connectivity index (χ1) is 11.0. The van der Waals surface area contributed by atoms with Crippen molar-refractivity contribution in [1.29, 1.82) is 0 Å². The Morgan fingerprint density at radius 1 is 1.13 bits per heavy atom. The van der Waals surface area contributed by atoms with Gasteiger partial charge in [-0.15, -0.1) is 0 Å². The lowest BCUT2D eigenvalue weighted by atomic mass is 10.1. The number of halogens is 1. The fourth-order valence-corrected chi connectivity index (χ4v) is 2.54. The van der Waals surface area contributed by atoms with Crippen LogP contribution in [0.3, 0.4) is 0 Å². The molecule has 0 aliphatic rings. The first-order valence-corrected chi connectivity index (χ1v) is 7.19. The van der Waals surface area contributed by atoms with Crippen molar-refractivity contribution >= 4 is 22.5 Å². The van der Waals surface area contributed by atoms with E-state index >= 15 is 0 Å². The number of hydrogen-bond donors (Lipinski definition) is 1. The molecule has 0 saturated carbocycles. The van der Waals surface area contributed by atoms with Crippen LogP contribution in [0.5, 0.6) is 0 Å². The van der Waals surface area contributed by atoms with E-state index in [0.29, 0.717) is 11.2 Å². The topological polar surface area (TPSA) is 51.1 Å². The number of nitrogens with one attached hydrogen (secondary N) is 1. The molecule has 0 fully saturated rings. The van der Waals surface area contributed by atoms with E-state index in [9.17, 15) is 14.0 Å². The monoisotopic (exact) mass is 310 g/mol. The van der Waals surface area contributed by atoms with Gasteiger partial charge in [-0.1, -0.05) is 18.2 Å². The van der Waals surface area contributed by atoms with Crippen LogP contribution in [0, 0.1) is 12.7 Å². The van der Waals surface area contributed by atoms with E-state index in [0.717, 1.165) is 10.9 Å². The molecule has 5 heteroatoms. The van der Waals surface area contributed by atoms with E-state index in [1.165, 1.54) is 34.9 Å². The summed E-state index contributed by atoms with van der Waals surface area (Å²) in [6, 6.07) is 14.5. The molecule has 0 saturated heterocycles. The van der Waals surface area contributed by atoms with E-state index in [-0.39, 0.29) is 23.8 Å². The fraction of sp³-hybridized carbons (Fsp3) is 0.111. The lowest BCUT2D eigenvalue weighted by Gasteiger charge is -2.12. The van der Waals surface area contributed by atoms with Crippen molar-refractivity contribution in [1.82, 2.24) is 4.57 Å². The van der Waals surface area contributed by atoms with Crippen molar-refractivity contribution in [2.75, 3.05) is 5.32 Å². The quantitative estimate of drug-likeness (QED) is 0.808. The number of fused-ring (bicyclic) bond motifs is 1. The summed E-state index contributed by atoms with van der Waals surface area (Å²) >= 11 is 0. The minimum Gasteiger partial charge on any atom is -0.325 e. The van der Waals surface area contributed by atoms with Gasteiger partial charge in [0, 0.05) is 17.1 Å². The Bertz CT molecular complexity index is 930. The summed E-state index contributed by atoms with van der Waals surface area (Å²) in [5.74, 6) is -0.712. The number of anilines is 1. The van der Waals surface area contributed by atoms with Crippen LogP contribution in [0.2, 0.25) is 0 Å². The maximum Gasteiger partial charge on any atom is 0.251 e. The van der Waals surface area contributed by atoms with Crippen molar-refractivity contribution in [2.24, 2.45) is 0 Å². The van der Waals surface area contributed by atoms with Gasteiger partial charge in [-0.05, 0) is 42.8 Å². The van der Waals surface area contributed by atoms with Gasteiger partial charge in [0.05, 0.1) is 5.52 Å². The molecule has 0 radical (unpaired) electrons. The van der Waals surface area contributed by atoms with Crippen molar-refractivity contribution < 1.29 is 9.18 Å². The second kappa shape index (κ2) is 6.04. The maximum absolute atomic E-state index is 12.9. The van der Waals surface area contributed by atoms with Gasteiger partial charge in [-0.2, -0.15) is 0 Å². The van der Waals surface area contributed by atoms with Crippen molar-refractivity contribution in [3.63, 3.8) is 0 Å². The van der Waals surface area contributed by atoms with E-state index in [4.69, 9.17) is 0 Å². The van der Waals surface area contributed by atoms with Gasteiger partial charge in [0.25, 0.3) is 5.56 Å². The van der Waals surface area contributed by atoms with E-state index < -0.39 is 0 Å². The third kappa shape index (κ3) is 3.13. The molecule has 0 unspecified atom stereocenters. The number of aryl methyl sites for hydroxylation is 1. The van der Waals surface area contributed by atoms with Crippen LogP contribution in [-0.2, 0) is 11.3 Å².